The Morgan fingerprint density at radius 2 is 0.227 bits per heavy atom. The summed E-state index contributed by atoms with van der Waals surface area (Å²) in [5, 5.41) is 0. The monoisotopic (exact) mass is 1010 g/mol. The van der Waals surface area contributed by atoms with Crippen molar-refractivity contribution in [3.8, 4) is 0 Å². The van der Waals surface area contributed by atoms with Gasteiger partial charge in [0, 0.05) is 64.2 Å². The first kappa shape index (κ1) is 168. The second kappa shape index (κ2) is 158. The predicted molar refractivity (Wildman–Crippen MR) is 93.2 cm³/mol. The molecule has 0 amide bonds. The van der Waals surface area contributed by atoms with E-state index in [1.807, 2.05) is 0 Å². The summed E-state index contributed by atoms with van der Waals surface area (Å²) in [6, 6.07) is 0. The largest absolute Gasteiger partial charge is 3.00 e. The van der Waals surface area contributed by atoms with E-state index >= 15 is 0 Å². The SMILES string of the molecule is O=[Si]([O-])[O-].O=[Si]([O-])[O-].O=[Si]([O-])[O-].O=[Si]([O-])[O-].O=[Si]([O-])[O-].O=[Si]([O-])[O-].O=[Si]([O-])[O-].[Ca+2].[Ca+2].[Ca+2].[Fe+3].[Fe+3].[Fe+3].[Mg+2].[Mg+2].[Mg+2].[OH-].[OH-].[OH-].[OH-].[OH-].[OH-].[OH-]. The van der Waals surface area contributed by atoms with Crippen LogP contribution in [0.4, 0.5) is 0 Å². The van der Waals surface area contributed by atoms with Gasteiger partial charge in [0.25, 0.3) is 0 Å². The van der Waals surface area contributed by atoms with E-state index in [1.165, 1.54) is 0 Å². The van der Waals surface area contributed by atoms with Crippen molar-refractivity contribution in [1.82, 2.24) is 0 Å². The van der Waals surface area contributed by atoms with Crippen molar-refractivity contribution < 1.29 is 188 Å². The maximum atomic E-state index is 8.52. The number of hydrogen-bond acceptors (Lipinski definition) is 28. The van der Waals surface area contributed by atoms with Crippen LogP contribution in [-0.2, 0) is 82.4 Å². The second-order valence-corrected chi connectivity index (χ2v) is 5.25. The molecule has 0 aromatic carbocycles. The van der Waals surface area contributed by atoms with Crippen LogP contribution < -0.4 is 67.1 Å². The van der Waals surface area contributed by atoms with Crippen LogP contribution in [0.2, 0.25) is 0 Å². The number of hydrogen-bond donors (Lipinski definition) is 0. The van der Waals surface area contributed by atoms with Crippen molar-refractivity contribution in [1.29, 1.82) is 0 Å². The summed E-state index contributed by atoms with van der Waals surface area (Å²) in [5.74, 6) is 0. The van der Waals surface area contributed by atoms with Crippen LogP contribution in [0.5, 0.6) is 0 Å². The van der Waals surface area contributed by atoms with Crippen molar-refractivity contribution >= 4 is 247 Å². The first-order valence-corrected chi connectivity index (χ1v) is 12.9. The molecule has 0 spiro atoms. The first-order valence-electron chi connectivity index (χ1n) is 4.29. The fourth-order valence-electron chi connectivity index (χ4n) is 0. The third kappa shape index (κ3) is 4460. The molecule has 0 unspecified atom stereocenters. The molecule has 0 aliphatic carbocycles. The molecule has 0 fully saturated rings. The summed E-state index contributed by atoms with van der Waals surface area (Å²) in [7, 11) is -25.4. The molecule has 0 bridgehead atoms. The summed E-state index contributed by atoms with van der Waals surface area (Å²) >= 11 is 0. The van der Waals surface area contributed by atoms with Crippen molar-refractivity contribution in [2.45, 2.75) is 0 Å². The van der Waals surface area contributed by atoms with Gasteiger partial charge in [-0.1, -0.05) is 0 Å². The average Bonchev–Trinajstić information content (AvgIpc) is 2.20. The minimum Gasteiger partial charge on any atom is -0.870 e. The molecule has 0 saturated carbocycles. The zero-order valence-electron chi connectivity index (χ0n) is 20.5. The first-order chi connectivity index (χ1) is 12.1. The standard InChI is InChI=1S/3Ca.3Fe.3Mg.7O3Si.7H2O/c;;;;;;;;;7*1-4(2)3;;;;;;;/h;;;;;;;;;;;;;;;;7*1H2/q3*+2;3*+3;3*+2;7*-2;;;;;;;/p-7. The molecule has 7 N–H and O–H groups in total. The molecule has 28 nitrogen and oxygen atoms in total. The smallest absolute Gasteiger partial charge is 0.870 e. The third-order valence-electron chi connectivity index (χ3n) is 0. The maximum Gasteiger partial charge on any atom is 3.00 e. The Labute approximate surface area is 426 Å². The fraction of sp³-hybridized carbons (Fsp3) is 0. The van der Waals surface area contributed by atoms with Gasteiger partial charge in [0.2, 0.25) is 0 Å². The van der Waals surface area contributed by atoms with Crippen LogP contribution in [0.15, 0.2) is 0 Å². The van der Waals surface area contributed by atoms with E-state index in [4.69, 9.17) is 98.4 Å². The molecule has 0 aliphatic heterocycles. The van der Waals surface area contributed by atoms with Crippen molar-refractivity contribution in [3.05, 3.63) is 0 Å². The van der Waals surface area contributed by atoms with Gasteiger partial charge >= 0.3 is 234 Å². The Bertz CT molecular complexity index is 351. The summed E-state index contributed by atoms with van der Waals surface area (Å²) in [4.78, 5) is 119. The molecule has 0 atom stereocenters. The van der Waals surface area contributed by atoms with E-state index in [9.17, 15) is 0 Å². The normalized spacial score (nSPS) is 3.82. The van der Waals surface area contributed by atoms with Crippen LogP contribution in [-0.4, -0.2) is 285 Å². The molecule has 0 aliphatic rings. The summed E-state index contributed by atoms with van der Waals surface area (Å²) < 4.78 is 59.6. The minimum atomic E-state index is -3.63. The van der Waals surface area contributed by atoms with Gasteiger partial charge in [0.05, 0.1) is 0 Å². The zero-order valence-corrected chi connectivity index (χ0v) is 41.7. The van der Waals surface area contributed by atoms with Crippen LogP contribution in [0.1, 0.15) is 0 Å². The maximum absolute atomic E-state index is 8.52. The van der Waals surface area contributed by atoms with Crippen molar-refractivity contribution in [3.63, 3.8) is 0 Å². The van der Waals surface area contributed by atoms with Gasteiger partial charge in [-0.25, -0.2) is 0 Å². The van der Waals surface area contributed by atoms with Gasteiger partial charge in [0.15, 0.2) is 0 Å². The Balaban J connectivity index is -0.00000000525. The molecule has 3 radical (unpaired) electrons. The van der Waals surface area contributed by atoms with Gasteiger partial charge in [-0.15, -0.1) is 0 Å². The van der Waals surface area contributed by atoms with E-state index < -0.39 is 64.2 Å². The van der Waals surface area contributed by atoms with Gasteiger partial charge < -0.3 is 137 Å². The molecule has 239 valence electrons. The Kier molecular flexibility index (Phi) is 601. The van der Waals surface area contributed by atoms with Gasteiger partial charge in [-0.3, -0.25) is 0 Å². The molecule has 44 heteroatoms. The molecule has 0 rings (SSSR count). The summed E-state index contributed by atoms with van der Waals surface area (Å²) in [6.45, 7) is 0. The van der Waals surface area contributed by atoms with Crippen LogP contribution in [0.25, 0.3) is 0 Å². The quantitative estimate of drug-likeness (QED) is 0.203. The van der Waals surface area contributed by atoms with Gasteiger partial charge in [-0.2, -0.15) is 0 Å². The molecular weight excluding hydrogens is 1010 g/mol. The zero-order chi connectivity index (χ0) is 25.0. The van der Waals surface area contributed by atoms with Crippen LogP contribution >= 0.6 is 0 Å². The fourth-order valence-corrected chi connectivity index (χ4v) is 0. The second-order valence-electron chi connectivity index (χ2n) is 1.75. The molecule has 0 aromatic heterocycles. The van der Waals surface area contributed by atoms with Crippen LogP contribution in [0.3, 0.4) is 0 Å². The van der Waals surface area contributed by atoms with Crippen LogP contribution in [0, 0.1) is 0 Å². The molecule has 44 heavy (non-hydrogen) atoms. The average molecular weight is 1010 g/mol. The Morgan fingerprint density at radius 1 is 0.227 bits per heavy atom. The van der Waals surface area contributed by atoms with Crippen molar-refractivity contribution in [2.75, 3.05) is 0 Å². The van der Waals surface area contributed by atoms with E-state index in [0.717, 1.165) is 0 Å². The Hall–Kier alpha value is 4.67. The van der Waals surface area contributed by atoms with E-state index in [0.29, 0.717) is 0 Å². The van der Waals surface area contributed by atoms with E-state index in [-0.39, 0.29) is 272 Å². The van der Waals surface area contributed by atoms with Gasteiger partial charge in [-0.05, 0) is 0 Å². The minimum absolute atomic E-state index is 0. The van der Waals surface area contributed by atoms with E-state index in [2.05, 4.69) is 0 Å². The predicted octanol–water partition coefficient (Wildman–Crippen LogP) is -23.7. The Morgan fingerprint density at radius 3 is 0.227 bits per heavy atom. The molecule has 0 heterocycles. The molecule has 0 saturated heterocycles. The van der Waals surface area contributed by atoms with Crippen molar-refractivity contribution in [2.24, 2.45) is 0 Å². The van der Waals surface area contributed by atoms with E-state index in [1.54, 1.807) is 0 Å². The topological polar surface area (TPSA) is 652 Å². The molecule has 0 aromatic rings. The number of rotatable bonds is 0. The summed E-state index contributed by atoms with van der Waals surface area (Å²) in [6.07, 6.45) is 0. The molecular formula is H7Ca3Fe3Mg3O28Si7. The summed E-state index contributed by atoms with van der Waals surface area (Å²) in [5.41, 5.74) is 0. The van der Waals surface area contributed by atoms with Gasteiger partial charge in [0.1, 0.15) is 0 Å². The third-order valence-corrected chi connectivity index (χ3v) is 0.